The Hall–Kier alpha value is -4.43. The van der Waals surface area contributed by atoms with Crippen LogP contribution in [0.25, 0.3) is 11.1 Å². The quantitative estimate of drug-likeness (QED) is 0.214. The Balaban J connectivity index is 1.57. The fourth-order valence-electron chi connectivity index (χ4n) is 4.05. The number of amidine groups is 1. The number of carbonyl (C=O) groups is 1. The number of aromatic nitrogens is 2. The summed E-state index contributed by atoms with van der Waals surface area (Å²) in [6, 6.07) is 9.34. The van der Waals surface area contributed by atoms with Gasteiger partial charge in [-0.25, -0.2) is 14.8 Å². The predicted octanol–water partition coefficient (Wildman–Crippen LogP) is 3.89. The van der Waals surface area contributed by atoms with E-state index in [0.29, 0.717) is 42.3 Å². The highest BCUT2D eigenvalue weighted by Crippen LogP contribution is 2.34. The van der Waals surface area contributed by atoms with Crippen molar-refractivity contribution in [3.63, 3.8) is 0 Å². The van der Waals surface area contributed by atoms with Gasteiger partial charge in [0.15, 0.2) is 0 Å². The molecule has 1 fully saturated rings. The van der Waals surface area contributed by atoms with Gasteiger partial charge in [0.05, 0.1) is 31.7 Å². The summed E-state index contributed by atoms with van der Waals surface area (Å²) in [7, 11) is 1.42. The van der Waals surface area contributed by atoms with Gasteiger partial charge in [0.2, 0.25) is 0 Å². The number of halogens is 3. The molecule has 4 rings (SSSR count). The van der Waals surface area contributed by atoms with Gasteiger partial charge in [-0.05, 0) is 35.9 Å². The van der Waals surface area contributed by atoms with E-state index in [1.807, 2.05) is 6.07 Å². The second-order valence-corrected chi connectivity index (χ2v) is 8.52. The number of ether oxygens (including phenoxy) is 2. The number of rotatable bonds is 8. The molecule has 1 saturated heterocycles. The Morgan fingerprint density at radius 1 is 1.26 bits per heavy atom. The Kier molecular flexibility index (Phi) is 8.46. The van der Waals surface area contributed by atoms with Crippen molar-refractivity contribution in [2.45, 2.75) is 12.7 Å². The molecular weight excluding hydrogens is 517 g/mol. The summed E-state index contributed by atoms with van der Waals surface area (Å²) in [6.07, 6.45) is -3.79. The van der Waals surface area contributed by atoms with E-state index >= 15 is 0 Å². The maximum atomic E-state index is 12.9. The van der Waals surface area contributed by atoms with Crippen molar-refractivity contribution in [2.24, 2.45) is 10.7 Å². The molecule has 1 aromatic carbocycles. The Morgan fingerprint density at radius 2 is 2.03 bits per heavy atom. The lowest BCUT2D eigenvalue weighted by atomic mass is 10.0. The van der Waals surface area contributed by atoms with Crippen LogP contribution in [0.4, 0.5) is 29.5 Å². The first kappa shape index (κ1) is 27.6. The molecule has 3 heterocycles. The molecule has 0 aliphatic carbocycles. The third kappa shape index (κ3) is 6.91. The van der Waals surface area contributed by atoms with Gasteiger partial charge in [-0.3, -0.25) is 15.6 Å². The summed E-state index contributed by atoms with van der Waals surface area (Å²) < 4.78 is 49.6. The molecule has 2 amide bonds. The van der Waals surface area contributed by atoms with Crippen molar-refractivity contribution in [3.05, 3.63) is 59.5 Å². The molecule has 14 heteroatoms. The molecule has 0 radical (unpaired) electrons. The van der Waals surface area contributed by atoms with E-state index in [4.69, 9.17) is 20.6 Å². The molecule has 0 unspecified atom stereocenters. The number of nitrogens with two attached hydrogens (primary N) is 1. The van der Waals surface area contributed by atoms with E-state index in [2.05, 4.69) is 30.5 Å². The topological polar surface area (TPSA) is 154 Å². The van der Waals surface area contributed by atoms with E-state index in [1.165, 1.54) is 13.2 Å². The number of morpholine rings is 1. The maximum absolute atomic E-state index is 12.9. The molecule has 6 N–H and O–H groups in total. The first-order chi connectivity index (χ1) is 18.7. The van der Waals surface area contributed by atoms with E-state index in [-0.39, 0.29) is 17.3 Å². The smallest absolute Gasteiger partial charge is 0.433 e. The molecule has 0 saturated carbocycles. The standard InChI is InChI=1S/C25H27F3N8O3/c1-38-19-11-15(5-6-18(19)33-24(37)35-21-4-2-3-20(34-21)25(26,27)28)17-12-16(13-36-7-9-39-10-8-36)32-22(17)23(30)31-14-29/h2-6,11-12,14,32H,7-10,13H2,1H3,(H3,29,30,31)(H2,33,34,35,37). The highest BCUT2D eigenvalue weighted by atomic mass is 19.4. The zero-order chi connectivity index (χ0) is 28.0. The highest BCUT2D eigenvalue weighted by Gasteiger charge is 2.32. The third-order valence-corrected chi connectivity index (χ3v) is 5.87. The van der Waals surface area contributed by atoms with Crippen LogP contribution >= 0.6 is 0 Å². The van der Waals surface area contributed by atoms with Crippen LogP contribution in [0, 0.1) is 5.41 Å². The molecule has 206 valence electrons. The lowest BCUT2D eigenvalue weighted by Crippen LogP contribution is -2.35. The van der Waals surface area contributed by atoms with Gasteiger partial charge in [0.25, 0.3) is 0 Å². The minimum Gasteiger partial charge on any atom is -0.495 e. The van der Waals surface area contributed by atoms with E-state index < -0.39 is 17.9 Å². The number of amides is 2. The molecule has 0 atom stereocenters. The summed E-state index contributed by atoms with van der Waals surface area (Å²) in [5, 5.41) is 12.1. The Bertz CT molecular complexity index is 1370. The van der Waals surface area contributed by atoms with E-state index in [1.54, 1.807) is 18.2 Å². The highest BCUT2D eigenvalue weighted by molar-refractivity contribution is 6.05. The summed E-state index contributed by atoms with van der Waals surface area (Å²) in [6.45, 7) is 3.52. The lowest BCUT2D eigenvalue weighted by molar-refractivity contribution is -0.141. The first-order valence-corrected chi connectivity index (χ1v) is 11.8. The summed E-state index contributed by atoms with van der Waals surface area (Å²) in [4.78, 5) is 25.4. The number of carbonyl (C=O) groups excluding carboxylic acids is 1. The summed E-state index contributed by atoms with van der Waals surface area (Å²) in [5.74, 6) is 0.162. The molecule has 39 heavy (non-hydrogen) atoms. The molecule has 0 spiro atoms. The van der Waals surface area contributed by atoms with Gasteiger partial charge < -0.3 is 25.5 Å². The SMILES string of the molecule is COc1cc(-c2cc(CN3CCOCC3)[nH]c2C(N)=NC=N)ccc1NC(=O)Nc1cccc(C(F)(F)F)n1. The van der Waals surface area contributed by atoms with Crippen molar-refractivity contribution < 1.29 is 27.4 Å². The number of anilines is 2. The third-order valence-electron chi connectivity index (χ3n) is 5.87. The molecule has 11 nitrogen and oxygen atoms in total. The number of pyridine rings is 1. The van der Waals surface area contributed by atoms with Crippen LogP contribution in [0.15, 0.2) is 47.5 Å². The maximum Gasteiger partial charge on any atom is 0.433 e. The first-order valence-electron chi connectivity index (χ1n) is 11.8. The summed E-state index contributed by atoms with van der Waals surface area (Å²) in [5.41, 5.74) is 8.10. The lowest BCUT2D eigenvalue weighted by Gasteiger charge is -2.25. The number of nitrogens with zero attached hydrogens (tertiary/aromatic N) is 3. The van der Waals surface area contributed by atoms with Gasteiger partial charge in [-0.2, -0.15) is 13.2 Å². The van der Waals surface area contributed by atoms with Crippen LogP contribution in [-0.2, 0) is 17.5 Å². The van der Waals surface area contributed by atoms with Gasteiger partial charge in [0, 0.05) is 30.9 Å². The van der Waals surface area contributed by atoms with Gasteiger partial charge >= 0.3 is 12.2 Å². The molecule has 2 aromatic heterocycles. The molecule has 0 bridgehead atoms. The van der Waals surface area contributed by atoms with Gasteiger partial charge in [-0.15, -0.1) is 0 Å². The number of urea groups is 1. The van der Waals surface area contributed by atoms with E-state index in [0.717, 1.165) is 37.3 Å². The van der Waals surface area contributed by atoms with Crippen molar-refractivity contribution in [1.29, 1.82) is 5.41 Å². The molecule has 3 aromatic rings. The van der Waals surface area contributed by atoms with Crippen molar-refractivity contribution >= 4 is 29.7 Å². The zero-order valence-corrected chi connectivity index (χ0v) is 20.9. The monoisotopic (exact) mass is 544 g/mol. The number of alkyl halides is 3. The minimum atomic E-state index is -4.64. The zero-order valence-electron chi connectivity index (χ0n) is 20.9. The van der Waals surface area contributed by atoms with Crippen LogP contribution in [0.1, 0.15) is 17.1 Å². The second kappa shape index (κ2) is 12.0. The van der Waals surface area contributed by atoms with Crippen LogP contribution in [-0.4, -0.2) is 66.5 Å². The minimum absolute atomic E-state index is 0.127. The number of hydrogen-bond donors (Lipinski definition) is 5. The number of aromatic amines is 1. The fourth-order valence-corrected chi connectivity index (χ4v) is 4.05. The Morgan fingerprint density at radius 3 is 2.72 bits per heavy atom. The average molecular weight is 545 g/mol. The van der Waals surface area contributed by atoms with Gasteiger partial charge in [-0.1, -0.05) is 12.1 Å². The predicted molar refractivity (Wildman–Crippen MR) is 140 cm³/mol. The van der Waals surface area contributed by atoms with Crippen LogP contribution in [0.3, 0.4) is 0 Å². The van der Waals surface area contributed by atoms with Crippen molar-refractivity contribution in [3.8, 4) is 16.9 Å². The molecule has 1 aliphatic rings. The number of nitrogens with one attached hydrogen (secondary N) is 4. The van der Waals surface area contributed by atoms with Crippen molar-refractivity contribution in [1.82, 2.24) is 14.9 Å². The van der Waals surface area contributed by atoms with Crippen LogP contribution in [0.2, 0.25) is 0 Å². The average Bonchev–Trinajstić information content (AvgIpc) is 3.33. The van der Waals surface area contributed by atoms with Gasteiger partial charge in [0.1, 0.15) is 29.4 Å². The number of hydrogen-bond acceptors (Lipinski definition) is 6. The number of methoxy groups -OCH3 is 1. The fraction of sp³-hybridized carbons (Fsp3) is 0.280. The van der Waals surface area contributed by atoms with Crippen LogP contribution < -0.4 is 21.1 Å². The number of aliphatic imine (C=N–C) groups is 1. The molecular formula is C25H27F3N8O3. The molecule has 1 aliphatic heterocycles. The number of H-pyrrole nitrogens is 1. The number of benzene rings is 1. The van der Waals surface area contributed by atoms with Crippen molar-refractivity contribution in [2.75, 3.05) is 44.0 Å². The van der Waals surface area contributed by atoms with E-state index in [9.17, 15) is 18.0 Å². The largest absolute Gasteiger partial charge is 0.495 e. The Labute approximate surface area is 221 Å². The second-order valence-electron chi connectivity index (χ2n) is 8.52. The summed E-state index contributed by atoms with van der Waals surface area (Å²) >= 11 is 0. The normalized spacial score (nSPS) is 14.6. The van der Waals surface area contributed by atoms with Crippen LogP contribution in [0.5, 0.6) is 5.75 Å².